The Morgan fingerprint density at radius 1 is 1.00 bits per heavy atom. The Labute approximate surface area is 162 Å². The molecule has 2 nitrogen and oxygen atoms in total. The van der Waals surface area contributed by atoms with Crippen molar-refractivity contribution in [2.45, 2.75) is 50.9 Å². The highest BCUT2D eigenvalue weighted by molar-refractivity contribution is 7.20. The molecule has 1 aromatic carbocycles. The number of thiophene rings is 1. The van der Waals surface area contributed by atoms with E-state index in [1.807, 2.05) is 16.8 Å². The number of Topliss-reactive ketones (excluding diaryl/α,β-unsaturated/α-hetero) is 1. The maximum atomic E-state index is 12.8. The fourth-order valence-electron chi connectivity index (χ4n) is 3.86. The molecule has 1 fully saturated rings. The van der Waals surface area contributed by atoms with Gasteiger partial charge in [-0.1, -0.05) is 56.0 Å². The summed E-state index contributed by atoms with van der Waals surface area (Å²) in [7, 11) is 0. The summed E-state index contributed by atoms with van der Waals surface area (Å²) in [5, 5.41) is 4.90. The number of rotatable bonds is 5. The van der Waals surface area contributed by atoms with Crippen LogP contribution in [0.25, 0.3) is 9.88 Å². The van der Waals surface area contributed by atoms with Crippen LogP contribution in [0, 0.1) is 0 Å². The second kappa shape index (κ2) is 8.28. The van der Waals surface area contributed by atoms with Gasteiger partial charge in [0, 0.05) is 11.8 Å². The molecule has 2 aromatic heterocycles. The van der Waals surface area contributed by atoms with E-state index in [9.17, 15) is 4.79 Å². The second-order valence-electron chi connectivity index (χ2n) is 7.00. The Morgan fingerprint density at radius 2 is 1.81 bits per heavy atom. The molecule has 0 saturated heterocycles. The summed E-state index contributed by atoms with van der Waals surface area (Å²) in [5.41, 5.74) is 3.18. The number of benzene rings is 1. The lowest BCUT2D eigenvalue weighted by molar-refractivity contribution is 0.0988. The van der Waals surface area contributed by atoms with Crippen molar-refractivity contribution >= 4 is 28.5 Å². The van der Waals surface area contributed by atoms with Gasteiger partial charge in [-0.15, -0.1) is 22.7 Å². The van der Waals surface area contributed by atoms with Crippen LogP contribution in [-0.4, -0.2) is 10.8 Å². The van der Waals surface area contributed by atoms with Crippen LogP contribution < -0.4 is 0 Å². The third kappa shape index (κ3) is 3.97. The summed E-state index contributed by atoms with van der Waals surface area (Å²) in [6.45, 7) is 0. The lowest BCUT2D eigenvalue weighted by Crippen LogP contribution is -2.09. The first-order valence-electron chi connectivity index (χ1n) is 9.41. The highest BCUT2D eigenvalue weighted by Crippen LogP contribution is 2.34. The molecular formula is C22H23NOS2. The first-order chi connectivity index (χ1) is 12.8. The molecule has 134 valence electrons. The molecule has 0 aliphatic heterocycles. The van der Waals surface area contributed by atoms with E-state index in [1.54, 1.807) is 22.7 Å². The Bertz CT molecular complexity index is 858. The molecule has 0 N–H and O–H groups in total. The van der Waals surface area contributed by atoms with Gasteiger partial charge in [0.05, 0.1) is 4.88 Å². The van der Waals surface area contributed by atoms with E-state index in [0.717, 1.165) is 9.88 Å². The molecule has 0 unspecified atom stereocenters. The third-order valence-corrected chi connectivity index (χ3v) is 7.10. The van der Waals surface area contributed by atoms with Crippen molar-refractivity contribution in [3.05, 3.63) is 64.0 Å². The maximum Gasteiger partial charge on any atom is 0.186 e. The van der Waals surface area contributed by atoms with Crippen LogP contribution in [-0.2, 0) is 6.42 Å². The van der Waals surface area contributed by atoms with Gasteiger partial charge in [0.1, 0.15) is 10.7 Å². The first kappa shape index (κ1) is 17.6. The van der Waals surface area contributed by atoms with Gasteiger partial charge in [-0.05, 0) is 41.3 Å². The highest BCUT2D eigenvalue weighted by Gasteiger charge is 2.20. The van der Waals surface area contributed by atoms with Crippen molar-refractivity contribution in [3.63, 3.8) is 0 Å². The van der Waals surface area contributed by atoms with Crippen molar-refractivity contribution in [1.29, 1.82) is 0 Å². The van der Waals surface area contributed by atoms with Gasteiger partial charge in [-0.2, -0.15) is 0 Å². The standard InChI is InChI=1S/C22H23NOS2/c24-20(19-15-26-22(23-19)21-12-7-13-25-21)14-17-10-5-6-11-18(17)16-8-3-1-2-4-9-16/h5-7,10-13,15-16H,1-4,8-9,14H2. The Kier molecular flexibility index (Phi) is 5.61. The number of carbonyl (C=O) groups is 1. The molecule has 0 bridgehead atoms. The van der Waals surface area contributed by atoms with Gasteiger partial charge in [0.25, 0.3) is 0 Å². The number of nitrogens with zero attached hydrogens (tertiary/aromatic N) is 1. The third-order valence-electron chi connectivity index (χ3n) is 5.22. The van der Waals surface area contributed by atoms with Gasteiger partial charge in [0.15, 0.2) is 5.78 Å². The predicted octanol–water partition coefficient (Wildman–Crippen LogP) is 6.73. The second-order valence-corrected chi connectivity index (χ2v) is 8.81. The van der Waals surface area contributed by atoms with Gasteiger partial charge >= 0.3 is 0 Å². The van der Waals surface area contributed by atoms with Crippen molar-refractivity contribution in [1.82, 2.24) is 4.98 Å². The number of hydrogen-bond acceptors (Lipinski definition) is 4. The van der Waals surface area contributed by atoms with Gasteiger partial charge < -0.3 is 0 Å². The van der Waals surface area contributed by atoms with Crippen LogP contribution in [0.15, 0.2) is 47.2 Å². The average Bonchev–Trinajstić information content (AvgIpc) is 3.29. The fourth-order valence-corrected chi connectivity index (χ4v) is 5.50. The smallest absolute Gasteiger partial charge is 0.186 e. The molecule has 1 saturated carbocycles. The SMILES string of the molecule is O=C(Cc1ccccc1C1CCCCCC1)c1csc(-c2cccs2)n1. The zero-order chi connectivity index (χ0) is 17.8. The van der Waals surface area contributed by atoms with E-state index in [-0.39, 0.29) is 5.78 Å². The van der Waals surface area contributed by atoms with Crippen molar-refractivity contribution in [2.24, 2.45) is 0 Å². The van der Waals surface area contributed by atoms with E-state index in [2.05, 4.69) is 35.3 Å². The number of hydrogen-bond donors (Lipinski definition) is 0. The normalized spacial score (nSPS) is 15.7. The Morgan fingerprint density at radius 3 is 2.58 bits per heavy atom. The summed E-state index contributed by atoms with van der Waals surface area (Å²) < 4.78 is 0. The van der Waals surface area contributed by atoms with Crippen LogP contribution in [0.3, 0.4) is 0 Å². The molecule has 0 atom stereocenters. The van der Waals surface area contributed by atoms with Crippen LogP contribution in [0.1, 0.15) is 66.1 Å². The van der Waals surface area contributed by atoms with Crippen molar-refractivity contribution in [2.75, 3.05) is 0 Å². The molecule has 4 rings (SSSR count). The van der Waals surface area contributed by atoms with Gasteiger partial charge in [-0.3, -0.25) is 4.79 Å². The van der Waals surface area contributed by atoms with Crippen LogP contribution in [0.5, 0.6) is 0 Å². The monoisotopic (exact) mass is 381 g/mol. The molecule has 26 heavy (non-hydrogen) atoms. The number of thiazole rings is 1. The van der Waals surface area contributed by atoms with E-state index < -0.39 is 0 Å². The molecule has 0 radical (unpaired) electrons. The summed E-state index contributed by atoms with van der Waals surface area (Å²) in [5.74, 6) is 0.740. The van der Waals surface area contributed by atoms with E-state index >= 15 is 0 Å². The molecular weight excluding hydrogens is 358 g/mol. The quantitative estimate of drug-likeness (QED) is 0.362. The zero-order valence-corrected chi connectivity index (χ0v) is 16.5. The lowest BCUT2D eigenvalue weighted by Gasteiger charge is -2.18. The minimum absolute atomic E-state index is 0.130. The summed E-state index contributed by atoms with van der Waals surface area (Å²) >= 11 is 3.22. The van der Waals surface area contributed by atoms with E-state index in [1.165, 1.54) is 49.7 Å². The molecule has 0 amide bonds. The van der Waals surface area contributed by atoms with Crippen molar-refractivity contribution < 1.29 is 4.79 Å². The van der Waals surface area contributed by atoms with E-state index in [4.69, 9.17) is 0 Å². The molecule has 4 heteroatoms. The summed E-state index contributed by atoms with van der Waals surface area (Å²) in [6.07, 6.45) is 8.28. The zero-order valence-electron chi connectivity index (χ0n) is 14.8. The number of aromatic nitrogens is 1. The van der Waals surface area contributed by atoms with Crippen molar-refractivity contribution in [3.8, 4) is 9.88 Å². The fraction of sp³-hybridized carbons (Fsp3) is 0.364. The molecule has 1 aliphatic rings. The summed E-state index contributed by atoms with van der Waals surface area (Å²) in [4.78, 5) is 18.6. The molecule has 0 spiro atoms. The molecule has 3 aromatic rings. The Hall–Kier alpha value is -1.78. The first-order valence-corrected chi connectivity index (χ1v) is 11.2. The largest absolute Gasteiger partial charge is 0.292 e. The van der Waals surface area contributed by atoms with Gasteiger partial charge in [0.2, 0.25) is 0 Å². The van der Waals surface area contributed by atoms with Crippen LogP contribution in [0.2, 0.25) is 0 Å². The lowest BCUT2D eigenvalue weighted by atomic mass is 9.87. The van der Waals surface area contributed by atoms with Gasteiger partial charge in [-0.25, -0.2) is 4.98 Å². The minimum Gasteiger partial charge on any atom is -0.292 e. The molecule has 1 aliphatic carbocycles. The van der Waals surface area contributed by atoms with E-state index in [0.29, 0.717) is 18.0 Å². The maximum absolute atomic E-state index is 12.8. The predicted molar refractivity (Wildman–Crippen MR) is 110 cm³/mol. The topological polar surface area (TPSA) is 30.0 Å². The van der Waals surface area contributed by atoms with Crippen LogP contribution >= 0.6 is 22.7 Å². The average molecular weight is 382 g/mol. The number of carbonyl (C=O) groups excluding carboxylic acids is 1. The highest BCUT2D eigenvalue weighted by atomic mass is 32.1. The molecule has 2 heterocycles. The minimum atomic E-state index is 0.130. The Balaban J connectivity index is 1.53. The summed E-state index contributed by atoms with van der Waals surface area (Å²) in [6, 6.07) is 12.6. The number of ketones is 1. The van der Waals surface area contributed by atoms with Crippen LogP contribution in [0.4, 0.5) is 0 Å².